The quantitative estimate of drug-likeness (QED) is 0.857. The Hall–Kier alpha value is -0.880. The molecule has 0 saturated carbocycles. The molecule has 1 fully saturated rings. The standard InChI is InChI=1S/C11H16ClN3O2S/c1-3-9-13-8(12)6-10(14-9)15-11(2)4-5-18(16,17)7-11/h6H,3-5,7H2,1-2H3,(H,13,14,15). The van der Waals surface area contributed by atoms with Crippen molar-refractivity contribution in [1.82, 2.24) is 9.97 Å². The highest BCUT2D eigenvalue weighted by atomic mass is 35.5. The highest BCUT2D eigenvalue weighted by Crippen LogP contribution is 2.27. The lowest BCUT2D eigenvalue weighted by molar-refractivity contribution is 0.571. The largest absolute Gasteiger partial charge is 0.364 e. The fourth-order valence-corrected chi connectivity index (χ4v) is 4.40. The van der Waals surface area contributed by atoms with Crippen LogP contribution < -0.4 is 5.32 Å². The first-order valence-electron chi connectivity index (χ1n) is 5.84. The van der Waals surface area contributed by atoms with Crippen LogP contribution in [-0.2, 0) is 16.3 Å². The summed E-state index contributed by atoms with van der Waals surface area (Å²) in [5.41, 5.74) is -0.471. The van der Waals surface area contributed by atoms with Crippen LogP contribution in [0.5, 0.6) is 0 Å². The molecule has 1 saturated heterocycles. The predicted molar refractivity (Wildman–Crippen MR) is 71.7 cm³/mol. The molecule has 0 aromatic carbocycles. The lowest BCUT2D eigenvalue weighted by Gasteiger charge is -2.24. The third kappa shape index (κ3) is 3.11. The van der Waals surface area contributed by atoms with Crippen molar-refractivity contribution >= 4 is 27.3 Å². The summed E-state index contributed by atoms with van der Waals surface area (Å²) in [5.74, 6) is 1.58. The third-order valence-corrected chi connectivity index (χ3v) is 5.09. The zero-order valence-corrected chi connectivity index (χ0v) is 12.0. The van der Waals surface area contributed by atoms with Gasteiger partial charge in [-0.15, -0.1) is 0 Å². The first-order valence-corrected chi connectivity index (χ1v) is 8.04. The lowest BCUT2D eigenvalue weighted by atomic mass is 10.0. The van der Waals surface area contributed by atoms with E-state index in [2.05, 4.69) is 15.3 Å². The first kappa shape index (κ1) is 13.5. The monoisotopic (exact) mass is 289 g/mol. The van der Waals surface area contributed by atoms with Crippen molar-refractivity contribution in [3.8, 4) is 0 Å². The number of nitrogens with one attached hydrogen (secondary N) is 1. The Labute approximate surface area is 112 Å². The van der Waals surface area contributed by atoms with Gasteiger partial charge in [0.05, 0.1) is 17.0 Å². The van der Waals surface area contributed by atoms with Crippen LogP contribution in [0.1, 0.15) is 26.1 Å². The van der Waals surface area contributed by atoms with Crippen molar-refractivity contribution in [2.24, 2.45) is 0 Å². The molecule has 18 heavy (non-hydrogen) atoms. The van der Waals surface area contributed by atoms with Gasteiger partial charge in [0.15, 0.2) is 9.84 Å². The van der Waals surface area contributed by atoms with E-state index >= 15 is 0 Å². The zero-order valence-electron chi connectivity index (χ0n) is 10.4. The maximum atomic E-state index is 11.5. The van der Waals surface area contributed by atoms with Crippen LogP contribution in [0.15, 0.2) is 6.07 Å². The molecule has 1 unspecified atom stereocenters. The molecule has 2 rings (SSSR count). The normalized spacial score (nSPS) is 26.2. The van der Waals surface area contributed by atoms with Gasteiger partial charge in [-0.25, -0.2) is 18.4 Å². The zero-order chi connectivity index (χ0) is 13.4. The van der Waals surface area contributed by atoms with Gasteiger partial charge in [-0.3, -0.25) is 0 Å². The fourth-order valence-electron chi connectivity index (χ4n) is 2.11. The molecule has 1 aromatic rings. The topological polar surface area (TPSA) is 72.0 Å². The Morgan fingerprint density at radius 1 is 1.50 bits per heavy atom. The molecule has 5 nitrogen and oxygen atoms in total. The Bertz CT molecular complexity index is 561. The summed E-state index contributed by atoms with van der Waals surface area (Å²) < 4.78 is 23.1. The summed E-state index contributed by atoms with van der Waals surface area (Å²) in [5, 5.41) is 3.54. The Kier molecular flexibility index (Phi) is 3.51. The average Bonchev–Trinajstić information content (AvgIpc) is 2.51. The van der Waals surface area contributed by atoms with Crippen LogP contribution in [-0.4, -0.2) is 35.4 Å². The molecule has 1 aliphatic rings. The number of aromatic nitrogens is 2. The SMILES string of the molecule is CCc1nc(Cl)cc(NC2(C)CCS(=O)(=O)C2)n1. The predicted octanol–water partition coefficient (Wildman–Crippen LogP) is 1.68. The molecule has 0 bridgehead atoms. The molecule has 0 aliphatic carbocycles. The van der Waals surface area contributed by atoms with Crippen molar-refractivity contribution in [2.75, 3.05) is 16.8 Å². The van der Waals surface area contributed by atoms with Gasteiger partial charge in [-0.2, -0.15) is 0 Å². The first-order chi connectivity index (χ1) is 8.32. The molecule has 100 valence electrons. The molecular formula is C11H16ClN3O2S. The summed E-state index contributed by atoms with van der Waals surface area (Å²) in [6.45, 7) is 3.83. The molecule has 1 atom stereocenters. The van der Waals surface area contributed by atoms with E-state index in [1.54, 1.807) is 6.07 Å². The van der Waals surface area contributed by atoms with Gasteiger partial charge < -0.3 is 5.32 Å². The number of rotatable bonds is 3. The van der Waals surface area contributed by atoms with Gasteiger partial charge in [0, 0.05) is 12.5 Å². The van der Waals surface area contributed by atoms with Gasteiger partial charge in [-0.05, 0) is 13.3 Å². The van der Waals surface area contributed by atoms with Crippen molar-refractivity contribution in [1.29, 1.82) is 0 Å². The fraction of sp³-hybridized carbons (Fsp3) is 0.636. The molecule has 2 heterocycles. The molecule has 7 heteroatoms. The number of hydrogen-bond donors (Lipinski definition) is 1. The molecule has 1 aliphatic heterocycles. The van der Waals surface area contributed by atoms with Gasteiger partial charge >= 0.3 is 0 Å². The van der Waals surface area contributed by atoms with E-state index in [1.165, 1.54) is 0 Å². The van der Waals surface area contributed by atoms with E-state index in [0.29, 0.717) is 29.6 Å². The molecular weight excluding hydrogens is 274 g/mol. The smallest absolute Gasteiger partial charge is 0.152 e. The molecule has 0 spiro atoms. The van der Waals surface area contributed by atoms with Crippen molar-refractivity contribution in [3.05, 3.63) is 17.0 Å². The number of hydrogen-bond acceptors (Lipinski definition) is 5. The summed E-state index contributed by atoms with van der Waals surface area (Å²) in [4.78, 5) is 8.38. The van der Waals surface area contributed by atoms with E-state index in [9.17, 15) is 8.42 Å². The maximum absolute atomic E-state index is 11.5. The van der Waals surface area contributed by atoms with E-state index in [-0.39, 0.29) is 11.5 Å². The van der Waals surface area contributed by atoms with Gasteiger partial charge in [0.1, 0.15) is 16.8 Å². The lowest BCUT2D eigenvalue weighted by Crippen LogP contribution is -2.36. The van der Waals surface area contributed by atoms with Crippen LogP contribution in [0.3, 0.4) is 0 Å². The van der Waals surface area contributed by atoms with Crippen LogP contribution >= 0.6 is 11.6 Å². The Morgan fingerprint density at radius 2 is 2.22 bits per heavy atom. The van der Waals surface area contributed by atoms with Gasteiger partial charge in [0.25, 0.3) is 0 Å². The average molecular weight is 290 g/mol. The van der Waals surface area contributed by atoms with Crippen molar-refractivity contribution in [2.45, 2.75) is 32.2 Å². The molecule has 1 N–H and O–H groups in total. The second-order valence-electron chi connectivity index (χ2n) is 4.87. The van der Waals surface area contributed by atoms with E-state index in [4.69, 9.17) is 11.6 Å². The number of aryl methyl sites for hydroxylation is 1. The van der Waals surface area contributed by atoms with Crippen molar-refractivity contribution < 1.29 is 8.42 Å². The Balaban J connectivity index is 2.22. The van der Waals surface area contributed by atoms with E-state index in [0.717, 1.165) is 0 Å². The summed E-state index contributed by atoms with van der Waals surface area (Å²) >= 11 is 5.91. The van der Waals surface area contributed by atoms with Crippen LogP contribution in [0.4, 0.5) is 5.82 Å². The minimum atomic E-state index is -2.94. The van der Waals surface area contributed by atoms with E-state index in [1.807, 2.05) is 13.8 Å². The molecule has 0 amide bonds. The summed E-state index contributed by atoms with van der Waals surface area (Å²) in [6, 6.07) is 1.62. The highest BCUT2D eigenvalue weighted by molar-refractivity contribution is 7.91. The number of halogens is 1. The second kappa shape index (κ2) is 4.66. The van der Waals surface area contributed by atoms with Gasteiger partial charge in [0.2, 0.25) is 0 Å². The van der Waals surface area contributed by atoms with Crippen LogP contribution in [0.2, 0.25) is 5.15 Å². The third-order valence-electron chi connectivity index (χ3n) is 2.99. The second-order valence-corrected chi connectivity index (χ2v) is 7.44. The van der Waals surface area contributed by atoms with Crippen molar-refractivity contribution in [3.63, 3.8) is 0 Å². The molecule has 1 aromatic heterocycles. The van der Waals surface area contributed by atoms with Crippen LogP contribution in [0.25, 0.3) is 0 Å². The minimum Gasteiger partial charge on any atom is -0.364 e. The van der Waals surface area contributed by atoms with Crippen LogP contribution in [0, 0.1) is 0 Å². The minimum absolute atomic E-state index is 0.128. The maximum Gasteiger partial charge on any atom is 0.152 e. The number of sulfone groups is 1. The van der Waals surface area contributed by atoms with E-state index < -0.39 is 15.4 Å². The molecule has 0 radical (unpaired) electrons. The number of anilines is 1. The summed E-state index contributed by atoms with van der Waals surface area (Å²) in [7, 11) is -2.94. The number of nitrogens with zero attached hydrogens (tertiary/aromatic N) is 2. The Morgan fingerprint density at radius 3 is 2.78 bits per heavy atom. The highest BCUT2D eigenvalue weighted by Gasteiger charge is 2.38. The summed E-state index contributed by atoms with van der Waals surface area (Å²) in [6.07, 6.45) is 1.27. The van der Waals surface area contributed by atoms with Gasteiger partial charge in [-0.1, -0.05) is 18.5 Å².